The molecule has 1 atom stereocenters. The van der Waals surface area contributed by atoms with Crippen molar-refractivity contribution in [3.63, 3.8) is 0 Å². The van der Waals surface area contributed by atoms with E-state index in [2.05, 4.69) is 5.32 Å². The highest BCUT2D eigenvalue weighted by molar-refractivity contribution is 6.12. The Morgan fingerprint density at radius 3 is 2.77 bits per heavy atom. The number of nitriles is 1. The number of nitrogens with zero attached hydrogens (tertiary/aromatic N) is 2. The maximum atomic E-state index is 13.7. The van der Waals surface area contributed by atoms with Gasteiger partial charge in [-0.2, -0.15) is 5.26 Å². The van der Waals surface area contributed by atoms with E-state index in [1.54, 1.807) is 49.4 Å². The van der Waals surface area contributed by atoms with E-state index in [1.165, 1.54) is 10.8 Å². The average molecular weight is 400 g/mol. The molecule has 2 aliphatic heterocycles. The normalized spacial score (nSPS) is 19.1. The molecule has 0 aliphatic carbocycles. The zero-order valence-corrected chi connectivity index (χ0v) is 15.9. The van der Waals surface area contributed by atoms with Crippen molar-refractivity contribution in [1.29, 1.82) is 5.26 Å². The highest BCUT2D eigenvalue weighted by Crippen LogP contribution is 2.51. The van der Waals surface area contributed by atoms with E-state index in [0.29, 0.717) is 22.7 Å². The summed E-state index contributed by atoms with van der Waals surface area (Å²) in [6, 6.07) is 14.1. The zero-order valence-electron chi connectivity index (χ0n) is 15.9. The van der Waals surface area contributed by atoms with E-state index < -0.39 is 16.9 Å². The lowest BCUT2D eigenvalue weighted by Gasteiger charge is -2.33. The number of aromatic nitrogens is 1. The number of nitrogens with two attached hydrogens (primary N) is 1. The molecule has 0 unspecified atom stereocenters. The number of hydrogen-bond acceptors (Lipinski definition) is 6. The van der Waals surface area contributed by atoms with Gasteiger partial charge in [-0.25, -0.2) is 0 Å². The number of rotatable bonds is 2. The lowest BCUT2D eigenvalue weighted by Crippen LogP contribution is -2.47. The number of pyridine rings is 1. The van der Waals surface area contributed by atoms with Gasteiger partial charge in [0.1, 0.15) is 23.2 Å². The van der Waals surface area contributed by atoms with Crippen molar-refractivity contribution in [2.24, 2.45) is 5.73 Å². The lowest BCUT2D eigenvalue weighted by molar-refractivity contribution is -0.118. The molecular weight excluding hydrogens is 384 g/mol. The Balaban J connectivity index is 1.87. The predicted molar refractivity (Wildman–Crippen MR) is 107 cm³/mol. The molecule has 0 saturated heterocycles. The summed E-state index contributed by atoms with van der Waals surface area (Å²) in [7, 11) is 0. The van der Waals surface area contributed by atoms with Crippen molar-refractivity contribution in [3.8, 4) is 11.8 Å². The van der Waals surface area contributed by atoms with Gasteiger partial charge >= 0.3 is 0 Å². The lowest BCUT2D eigenvalue weighted by atomic mass is 9.69. The van der Waals surface area contributed by atoms with Crippen molar-refractivity contribution in [2.45, 2.75) is 18.9 Å². The Morgan fingerprint density at radius 1 is 1.23 bits per heavy atom. The van der Waals surface area contributed by atoms with E-state index >= 15 is 0 Å². The second kappa shape index (κ2) is 6.12. The molecule has 0 bridgehead atoms. The standard InChI is InChI=1S/C22H16N4O4/c1-12-9-17-18(20(27)26(12)11-13-5-4-8-29-13)22(15(10-23)19(24)30-17)14-6-2-3-7-16(14)25-21(22)28/h2-9H,11,24H2,1H3,(H,25,28)/t22-/m0/s1. The molecule has 8 heteroatoms. The van der Waals surface area contributed by atoms with Crippen molar-refractivity contribution >= 4 is 11.6 Å². The second-order valence-electron chi connectivity index (χ2n) is 7.20. The summed E-state index contributed by atoms with van der Waals surface area (Å²) in [4.78, 5) is 27.1. The van der Waals surface area contributed by atoms with Gasteiger partial charge in [0.05, 0.1) is 18.4 Å². The van der Waals surface area contributed by atoms with Crippen LogP contribution in [0.3, 0.4) is 0 Å². The molecule has 2 aliphatic rings. The number of nitrogens with one attached hydrogen (secondary N) is 1. The van der Waals surface area contributed by atoms with E-state index in [4.69, 9.17) is 14.9 Å². The number of fused-ring (bicyclic) bond motifs is 4. The summed E-state index contributed by atoms with van der Waals surface area (Å²) in [6.45, 7) is 1.93. The minimum atomic E-state index is -1.68. The Kier molecular flexibility index (Phi) is 3.64. The minimum absolute atomic E-state index is 0.0628. The first-order valence-corrected chi connectivity index (χ1v) is 9.25. The summed E-state index contributed by atoms with van der Waals surface area (Å²) in [5.74, 6) is 0.0343. The van der Waals surface area contributed by atoms with Gasteiger partial charge in [-0.3, -0.25) is 9.59 Å². The number of para-hydroxylation sites is 1. The Morgan fingerprint density at radius 2 is 2.03 bits per heavy atom. The molecule has 1 amide bonds. The number of furan rings is 1. The predicted octanol–water partition coefficient (Wildman–Crippen LogP) is 2.12. The molecule has 4 heterocycles. The van der Waals surface area contributed by atoms with Crippen LogP contribution in [0.1, 0.15) is 22.6 Å². The Labute approximate surface area is 170 Å². The van der Waals surface area contributed by atoms with Crippen LogP contribution in [-0.2, 0) is 16.8 Å². The first-order chi connectivity index (χ1) is 14.5. The number of benzene rings is 1. The van der Waals surface area contributed by atoms with E-state index in [0.717, 1.165) is 0 Å². The summed E-state index contributed by atoms with van der Waals surface area (Å²) in [5, 5.41) is 12.7. The largest absolute Gasteiger partial charge is 0.467 e. The number of carbonyl (C=O) groups is 1. The summed E-state index contributed by atoms with van der Waals surface area (Å²) < 4.78 is 12.5. The molecular formula is C22H16N4O4. The number of anilines is 1. The number of carbonyl (C=O) groups excluding carboxylic acids is 1. The monoisotopic (exact) mass is 400 g/mol. The first-order valence-electron chi connectivity index (χ1n) is 9.25. The highest BCUT2D eigenvalue weighted by atomic mass is 16.5. The molecule has 1 spiro atoms. The molecule has 5 rings (SSSR count). The number of aryl methyl sites for hydroxylation is 1. The topological polar surface area (TPSA) is 123 Å². The number of ether oxygens (including phenoxy) is 1. The van der Waals surface area contributed by atoms with Gasteiger partial charge in [0.25, 0.3) is 5.56 Å². The molecule has 8 nitrogen and oxygen atoms in total. The van der Waals surface area contributed by atoms with Crippen LogP contribution in [0.15, 0.2) is 69.4 Å². The maximum Gasteiger partial charge on any atom is 0.259 e. The van der Waals surface area contributed by atoms with Crippen LogP contribution < -0.4 is 21.3 Å². The summed E-state index contributed by atoms with van der Waals surface area (Å²) in [5.41, 5.74) is 5.49. The van der Waals surface area contributed by atoms with E-state index in [1.807, 2.05) is 6.07 Å². The van der Waals surface area contributed by atoms with Crippen LogP contribution >= 0.6 is 0 Å². The molecule has 0 fully saturated rings. The van der Waals surface area contributed by atoms with Crippen molar-refractivity contribution < 1.29 is 13.9 Å². The smallest absolute Gasteiger partial charge is 0.259 e. The van der Waals surface area contributed by atoms with Crippen LogP contribution in [0.2, 0.25) is 0 Å². The Hall–Kier alpha value is -4.25. The zero-order chi connectivity index (χ0) is 21.0. The average Bonchev–Trinajstić information content (AvgIpc) is 3.32. The SMILES string of the molecule is Cc1cc2c(c(=O)n1Cc1ccco1)[C@@]1(C(=O)Nc3ccccc31)C(C#N)=C(N)O2. The van der Waals surface area contributed by atoms with E-state index in [-0.39, 0.29) is 29.3 Å². The third kappa shape index (κ3) is 2.14. The van der Waals surface area contributed by atoms with E-state index in [9.17, 15) is 14.9 Å². The third-order valence-corrected chi connectivity index (χ3v) is 5.61. The van der Waals surface area contributed by atoms with Crippen LogP contribution in [0, 0.1) is 18.3 Å². The highest BCUT2D eigenvalue weighted by Gasteiger charge is 2.58. The molecule has 0 radical (unpaired) electrons. The van der Waals surface area contributed by atoms with Crippen LogP contribution in [0.5, 0.6) is 5.75 Å². The fourth-order valence-electron chi connectivity index (χ4n) is 4.29. The fraction of sp³-hybridized carbons (Fsp3) is 0.136. The fourth-order valence-corrected chi connectivity index (χ4v) is 4.29. The number of amides is 1. The van der Waals surface area contributed by atoms with Crippen LogP contribution in [-0.4, -0.2) is 10.5 Å². The minimum Gasteiger partial charge on any atom is -0.467 e. The van der Waals surface area contributed by atoms with Gasteiger partial charge in [-0.1, -0.05) is 18.2 Å². The van der Waals surface area contributed by atoms with Gasteiger partial charge < -0.3 is 24.8 Å². The Bertz CT molecular complexity index is 1340. The summed E-state index contributed by atoms with van der Waals surface area (Å²) >= 11 is 0. The number of hydrogen-bond donors (Lipinski definition) is 2. The van der Waals surface area contributed by atoms with Crippen molar-refractivity contribution in [1.82, 2.24) is 4.57 Å². The van der Waals surface area contributed by atoms with Crippen LogP contribution in [0.25, 0.3) is 0 Å². The molecule has 30 heavy (non-hydrogen) atoms. The van der Waals surface area contributed by atoms with Crippen LogP contribution in [0.4, 0.5) is 5.69 Å². The third-order valence-electron chi connectivity index (χ3n) is 5.61. The second-order valence-corrected chi connectivity index (χ2v) is 7.20. The van der Waals surface area contributed by atoms with Gasteiger partial charge in [0.15, 0.2) is 5.41 Å². The molecule has 0 saturated carbocycles. The van der Waals surface area contributed by atoms with Gasteiger partial charge in [0, 0.05) is 23.0 Å². The van der Waals surface area contributed by atoms with Gasteiger partial charge in [-0.05, 0) is 25.1 Å². The van der Waals surface area contributed by atoms with Gasteiger partial charge in [0.2, 0.25) is 11.8 Å². The molecule has 1 aromatic carbocycles. The molecule has 3 aromatic rings. The maximum absolute atomic E-state index is 13.7. The molecule has 3 N–H and O–H groups in total. The molecule has 2 aromatic heterocycles. The van der Waals surface area contributed by atoms with Crippen molar-refractivity contribution in [3.05, 3.63) is 93.1 Å². The quantitative estimate of drug-likeness (QED) is 0.679. The van der Waals surface area contributed by atoms with Crippen molar-refractivity contribution in [2.75, 3.05) is 5.32 Å². The van der Waals surface area contributed by atoms with Gasteiger partial charge in [-0.15, -0.1) is 0 Å². The first kappa shape index (κ1) is 17.8. The summed E-state index contributed by atoms with van der Waals surface area (Å²) in [6.07, 6.45) is 1.52. The molecule has 148 valence electrons.